The van der Waals surface area contributed by atoms with Gasteiger partial charge in [0.05, 0.1) is 0 Å². The van der Waals surface area contributed by atoms with Crippen LogP contribution in [0.4, 0.5) is 0 Å². The summed E-state index contributed by atoms with van der Waals surface area (Å²) in [7, 11) is 0. The molecule has 1 rings (SSSR count). The van der Waals surface area contributed by atoms with Crippen molar-refractivity contribution in [2.24, 2.45) is 11.7 Å². The summed E-state index contributed by atoms with van der Waals surface area (Å²) in [6, 6.07) is 6.80. The maximum Gasteiger partial charge on any atom is 0.328 e. The first-order valence-corrected chi connectivity index (χ1v) is 6.38. The molecule has 0 unspecified atom stereocenters. The highest BCUT2D eigenvalue weighted by atomic mass is 32.2. The highest BCUT2D eigenvalue weighted by Gasteiger charge is 2.19. The average Bonchev–Trinajstić information content (AvgIpc) is 2.28. The molecule has 0 bridgehead atoms. The van der Waals surface area contributed by atoms with E-state index in [-0.39, 0.29) is 11.9 Å². The fourth-order valence-electron chi connectivity index (χ4n) is 1.10. The monoisotopic (exact) mass is 239 g/mol. The van der Waals surface area contributed by atoms with Crippen molar-refractivity contribution < 1.29 is 9.53 Å². The Balaban J connectivity index is 2.62. The fourth-order valence-corrected chi connectivity index (χ4v) is 1.51. The zero-order valence-corrected chi connectivity index (χ0v) is 10.6. The summed E-state index contributed by atoms with van der Waals surface area (Å²) in [5.74, 6) is 0.240. The van der Waals surface area contributed by atoms with E-state index in [1.807, 2.05) is 32.2 Å². The van der Waals surface area contributed by atoms with Crippen LogP contribution in [0.2, 0.25) is 0 Å². The molecule has 1 aromatic rings. The number of rotatable bonds is 4. The van der Waals surface area contributed by atoms with E-state index in [9.17, 15) is 4.79 Å². The molecule has 0 saturated carbocycles. The van der Waals surface area contributed by atoms with Crippen LogP contribution in [0.5, 0.6) is 5.75 Å². The van der Waals surface area contributed by atoms with Gasteiger partial charge in [0.1, 0.15) is 11.8 Å². The predicted octanol–water partition coefficient (Wildman–Crippen LogP) is 2.30. The summed E-state index contributed by atoms with van der Waals surface area (Å²) in [5.41, 5.74) is 5.69. The Morgan fingerprint density at radius 3 is 2.31 bits per heavy atom. The largest absolute Gasteiger partial charge is 0.425 e. The quantitative estimate of drug-likeness (QED) is 0.497. The molecule has 0 aliphatic carbocycles. The van der Waals surface area contributed by atoms with Crippen LogP contribution in [-0.4, -0.2) is 18.3 Å². The molecule has 0 amide bonds. The third-order valence-corrected chi connectivity index (χ3v) is 3.01. The van der Waals surface area contributed by atoms with Crippen LogP contribution < -0.4 is 10.5 Å². The summed E-state index contributed by atoms with van der Waals surface area (Å²) in [6.45, 7) is 3.78. The Kier molecular flexibility index (Phi) is 4.83. The third kappa shape index (κ3) is 3.54. The molecule has 0 radical (unpaired) electrons. The molecule has 0 spiro atoms. The standard InChI is InChI=1S/C12H17NO2S/c1-8(2)11(13)12(14)15-9-4-6-10(16-3)7-5-9/h4-8,11H,13H2,1-3H3/t11-/m0/s1. The van der Waals surface area contributed by atoms with Crippen molar-refractivity contribution in [2.45, 2.75) is 24.8 Å². The number of hydrogen-bond donors (Lipinski definition) is 1. The van der Waals surface area contributed by atoms with Crippen molar-refractivity contribution in [1.82, 2.24) is 0 Å². The van der Waals surface area contributed by atoms with Crippen molar-refractivity contribution >= 4 is 17.7 Å². The van der Waals surface area contributed by atoms with Crippen LogP contribution in [0.3, 0.4) is 0 Å². The maximum absolute atomic E-state index is 11.6. The molecule has 88 valence electrons. The second-order valence-electron chi connectivity index (χ2n) is 3.87. The van der Waals surface area contributed by atoms with E-state index in [1.54, 1.807) is 23.9 Å². The molecule has 0 fully saturated rings. The summed E-state index contributed by atoms with van der Waals surface area (Å²) in [6.07, 6.45) is 2.00. The van der Waals surface area contributed by atoms with E-state index in [2.05, 4.69) is 0 Å². The number of hydrogen-bond acceptors (Lipinski definition) is 4. The van der Waals surface area contributed by atoms with Gasteiger partial charge >= 0.3 is 5.97 Å². The first-order valence-electron chi connectivity index (χ1n) is 5.16. The van der Waals surface area contributed by atoms with Gasteiger partial charge in [-0.2, -0.15) is 0 Å². The molecule has 4 heteroatoms. The summed E-state index contributed by atoms with van der Waals surface area (Å²) < 4.78 is 5.16. The van der Waals surface area contributed by atoms with Crippen LogP contribution in [0.15, 0.2) is 29.2 Å². The molecule has 2 N–H and O–H groups in total. The number of nitrogens with two attached hydrogens (primary N) is 1. The molecule has 1 aromatic carbocycles. The van der Waals surface area contributed by atoms with Crippen LogP contribution >= 0.6 is 11.8 Å². The summed E-state index contributed by atoms with van der Waals surface area (Å²) >= 11 is 1.64. The number of carbonyl (C=O) groups excluding carboxylic acids is 1. The number of carbonyl (C=O) groups is 1. The number of thioether (sulfide) groups is 1. The van der Waals surface area contributed by atoms with Crippen molar-refractivity contribution in [2.75, 3.05) is 6.26 Å². The highest BCUT2D eigenvalue weighted by Crippen LogP contribution is 2.19. The van der Waals surface area contributed by atoms with Gasteiger partial charge < -0.3 is 10.5 Å². The van der Waals surface area contributed by atoms with E-state index in [1.165, 1.54) is 0 Å². The van der Waals surface area contributed by atoms with E-state index >= 15 is 0 Å². The average molecular weight is 239 g/mol. The van der Waals surface area contributed by atoms with Crippen LogP contribution in [0, 0.1) is 5.92 Å². The molecule has 0 heterocycles. The number of ether oxygens (including phenoxy) is 1. The number of esters is 1. The molecule has 1 atom stereocenters. The lowest BCUT2D eigenvalue weighted by atomic mass is 10.1. The topological polar surface area (TPSA) is 52.3 Å². The lowest BCUT2D eigenvalue weighted by molar-refractivity contribution is -0.136. The first-order chi connectivity index (χ1) is 7.54. The smallest absolute Gasteiger partial charge is 0.328 e. The molecule has 3 nitrogen and oxygen atoms in total. The molecule has 0 aromatic heterocycles. The molecule has 16 heavy (non-hydrogen) atoms. The van der Waals surface area contributed by atoms with E-state index in [0.717, 1.165) is 4.90 Å². The minimum atomic E-state index is -0.569. The fraction of sp³-hybridized carbons (Fsp3) is 0.417. The lowest BCUT2D eigenvalue weighted by Gasteiger charge is -2.14. The second kappa shape index (κ2) is 5.92. The minimum absolute atomic E-state index is 0.0815. The van der Waals surface area contributed by atoms with Crippen molar-refractivity contribution in [3.05, 3.63) is 24.3 Å². The van der Waals surface area contributed by atoms with E-state index in [4.69, 9.17) is 10.5 Å². The van der Waals surface area contributed by atoms with Gasteiger partial charge in [-0.1, -0.05) is 13.8 Å². The maximum atomic E-state index is 11.6. The normalized spacial score (nSPS) is 12.6. The van der Waals surface area contributed by atoms with Gasteiger partial charge in [0.15, 0.2) is 0 Å². The Morgan fingerprint density at radius 2 is 1.88 bits per heavy atom. The van der Waals surface area contributed by atoms with Crippen molar-refractivity contribution in [3.63, 3.8) is 0 Å². The van der Waals surface area contributed by atoms with Gasteiger partial charge in [-0.15, -0.1) is 11.8 Å². The van der Waals surface area contributed by atoms with E-state index < -0.39 is 6.04 Å². The van der Waals surface area contributed by atoms with Crippen molar-refractivity contribution in [1.29, 1.82) is 0 Å². The van der Waals surface area contributed by atoms with Gasteiger partial charge in [0, 0.05) is 4.90 Å². The SMILES string of the molecule is CSc1ccc(OC(=O)[C@@H](N)C(C)C)cc1. The Bertz CT molecular complexity index is 349. The lowest BCUT2D eigenvalue weighted by Crippen LogP contribution is -2.38. The first kappa shape index (κ1) is 13.1. The predicted molar refractivity (Wildman–Crippen MR) is 66.7 cm³/mol. The highest BCUT2D eigenvalue weighted by molar-refractivity contribution is 7.98. The van der Waals surface area contributed by atoms with Crippen LogP contribution in [0.1, 0.15) is 13.8 Å². The molecule has 0 aliphatic heterocycles. The van der Waals surface area contributed by atoms with Gasteiger partial charge in [-0.25, -0.2) is 4.79 Å². The zero-order chi connectivity index (χ0) is 12.1. The third-order valence-electron chi connectivity index (χ3n) is 2.27. The zero-order valence-electron chi connectivity index (χ0n) is 9.77. The molecular weight excluding hydrogens is 222 g/mol. The second-order valence-corrected chi connectivity index (χ2v) is 4.75. The minimum Gasteiger partial charge on any atom is -0.425 e. The van der Waals surface area contributed by atoms with Crippen LogP contribution in [-0.2, 0) is 4.79 Å². The van der Waals surface area contributed by atoms with Crippen LogP contribution in [0.25, 0.3) is 0 Å². The Hall–Kier alpha value is -1.00. The van der Waals surface area contributed by atoms with Gasteiger partial charge in [0.25, 0.3) is 0 Å². The summed E-state index contributed by atoms with van der Waals surface area (Å²) in [4.78, 5) is 12.7. The van der Waals surface area contributed by atoms with Crippen molar-refractivity contribution in [3.8, 4) is 5.75 Å². The van der Waals surface area contributed by atoms with E-state index in [0.29, 0.717) is 5.75 Å². The Morgan fingerprint density at radius 1 is 1.31 bits per heavy atom. The summed E-state index contributed by atoms with van der Waals surface area (Å²) in [5, 5.41) is 0. The molecular formula is C12H17NO2S. The van der Waals surface area contributed by atoms with Gasteiger partial charge in [-0.05, 0) is 36.4 Å². The Labute approximate surface area is 100 Å². The number of benzene rings is 1. The van der Waals surface area contributed by atoms with Gasteiger partial charge in [-0.3, -0.25) is 0 Å². The van der Waals surface area contributed by atoms with Gasteiger partial charge in [0.2, 0.25) is 0 Å². The molecule has 0 saturated heterocycles. The molecule has 0 aliphatic rings.